The zero-order valence-electron chi connectivity index (χ0n) is 26.8. The first-order valence-corrected chi connectivity index (χ1v) is 19.8. The SMILES string of the molecule is CC(COC(=O)O[C@H](c1ccc(S(C)(=O)=O)cc1)[C@@H](CF)NC(=O)C(Cl)Cl)OC(=O)O[C@H](c1ccc(S(C)(=O)=O)cc1)[C@@H](CF)NC(=O)C(Cl)Cl. The van der Waals surface area contributed by atoms with Crippen LogP contribution in [0.4, 0.5) is 18.4 Å². The van der Waals surface area contributed by atoms with Crippen molar-refractivity contribution in [1.82, 2.24) is 10.6 Å². The Bertz CT molecular complexity index is 1740. The first-order chi connectivity index (χ1) is 23.7. The van der Waals surface area contributed by atoms with Crippen LogP contribution in [-0.2, 0) is 48.2 Å². The number of ether oxygens (including phenoxy) is 4. The molecule has 0 radical (unpaired) electrons. The molecule has 284 valence electrons. The second-order valence-corrected chi connectivity index (χ2v) is 16.9. The molecule has 2 aromatic carbocycles. The summed E-state index contributed by atoms with van der Waals surface area (Å²) < 4.78 is 96.2. The van der Waals surface area contributed by atoms with Crippen LogP contribution in [0.1, 0.15) is 30.3 Å². The minimum atomic E-state index is -3.63. The maximum absolute atomic E-state index is 14.1. The predicted octanol–water partition coefficient (Wildman–Crippen LogP) is 4.49. The molecule has 1 unspecified atom stereocenters. The molecule has 0 saturated heterocycles. The summed E-state index contributed by atoms with van der Waals surface area (Å²) in [5, 5.41) is 4.34. The molecule has 0 heterocycles. The third-order valence-electron chi connectivity index (χ3n) is 6.57. The molecule has 0 fully saturated rings. The number of hydrogen-bond acceptors (Lipinski definition) is 12. The molecule has 0 aliphatic carbocycles. The zero-order chi connectivity index (χ0) is 38.7. The van der Waals surface area contributed by atoms with E-state index in [1.54, 1.807) is 0 Å². The van der Waals surface area contributed by atoms with Crippen LogP contribution in [0.15, 0.2) is 58.3 Å². The van der Waals surface area contributed by atoms with E-state index in [9.17, 15) is 44.8 Å². The summed E-state index contributed by atoms with van der Waals surface area (Å²) in [6, 6.07) is 6.34. The predicted molar refractivity (Wildman–Crippen MR) is 181 cm³/mol. The van der Waals surface area contributed by atoms with Gasteiger partial charge in [-0.25, -0.2) is 35.2 Å². The Morgan fingerprint density at radius 2 is 1.00 bits per heavy atom. The third-order valence-corrected chi connectivity index (χ3v) is 9.62. The molecule has 51 heavy (non-hydrogen) atoms. The monoisotopic (exact) mass is 842 g/mol. The highest BCUT2D eigenvalue weighted by Gasteiger charge is 2.33. The van der Waals surface area contributed by atoms with E-state index in [1.165, 1.54) is 31.2 Å². The summed E-state index contributed by atoms with van der Waals surface area (Å²) >= 11 is 22.2. The standard InChI is InChI=1S/C29H32Cl4F2N2O12S2/c1-15(47-29(41)49-23(21(13-35)37-27(39)25(32)33)17-6-10-19(11-7-17)51(3,44)45)14-46-28(40)48-22(20(12-34)36-26(38)24(30)31)16-4-8-18(9-5-16)50(2,42)43/h4-11,15,20-25H,12-14H2,1-3H3,(H,36,38)(H,37,39)/t15?,20-,21-,22-,23-/m1/s1. The van der Waals surface area contributed by atoms with E-state index in [0.717, 1.165) is 36.8 Å². The highest BCUT2D eigenvalue weighted by molar-refractivity contribution is 7.91. The molecule has 0 aromatic heterocycles. The van der Waals surface area contributed by atoms with Crippen molar-refractivity contribution in [3.8, 4) is 0 Å². The quantitative estimate of drug-likeness (QED) is 0.168. The van der Waals surface area contributed by atoms with Gasteiger partial charge in [0.25, 0.3) is 11.8 Å². The number of rotatable bonds is 17. The smallest absolute Gasteiger partial charge is 0.430 e. The number of sulfone groups is 2. The van der Waals surface area contributed by atoms with E-state index in [1.807, 2.05) is 0 Å². The molecule has 0 bridgehead atoms. The van der Waals surface area contributed by atoms with E-state index in [0.29, 0.717) is 0 Å². The number of benzene rings is 2. The Labute approximate surface area is 312 Å². The van der Waals surface area contributed by atoms with E-state index in [4.69, 9.17) is 65.4 Å². The summed E-state index contributed by atoms with van der Waals surface area (Å²) in [7, 11) is -7.26. The fourth-order valence-corrected chi connectivity index (χ4v) is 5.62. The molecule has 2 aromatic rings. The summed E-state index contributed by atoms with van der Waals surface area (Å²) in [4.78, 5) is 46.1. The second kappa shape index (κ2) is 19.6. The van der Waals surface area contributed by atoms with Crippen molar-refractivity contribution in [1.29, 1.82) is 0 Å². The van der Waals surface area contributed by atoms with Gasteiger partial charge in [-0.2, -0.15) is 0 Å². The topological polar surface area (TPSA) is 198 Å². The lowest BCUT2D eigenvalue weighted by Gasteiger charge is -2.27. The highest BCUT2D eigenvalue weighted by Crippen LogP contribution is 2.27. The Morgan fingerprint density at radius 1 is 0.647 bits per heavy atom. The largest absolute Gasteiger partial charge is 0.509 e. The molecular weight excluding hydrogens is 812 g/mol. The Hall–Kier alpha value is -3.16. The Balaban J connectivity index is 2.20. The fraction of sp³-hybridized carbons (Fsp3) is 0.448. The summed E-state index contributed by atoms with van der Waals surface area (Å²) in [5.41, 5.74) is 0.0749. The highest BCUT2D eigenvalue weighted by atomic mass is 35.5. The van der Waals surface area contributed by atoms with Gasteiger partial charge >= 0.3 is 12.3 Å². The normalized spacial score (nSPS) is 14.8. The van der Waals surface area contributed by atoms with Crippen LogP contribution in [0, 0.1) is 0 Å². The summed E-state index contributed by atoms with van der Waals surface area (Å²) in [6.45, 7) is -2.06. The molecule has 0 aliphatic heterocycles. The lowest BCUT2D eigenvalue weighted by molar-refractivity contribution is -0.122. The maximum atomic E-state index is 14.1. The summed E-state index contributed by atoms with van der Waals surface area (Å²) in [5.74, 6) is -2.05. The number of hydrogen-bond donors (Lipinski definition) is 2. The molecule has 14 nitrogen and oxygen atoms in total. The number of amides is 2. The van der Waals surface area contributed by atoms with Gasteiger partial charge in [0, 0.05) is 12.5 Å². The lowest BCUT2D eigenvalue weighted by atomic mass is 10.0. The van der Waals surface area contributed by atoms with Gasteiger partial charge in [0.05, 0.1) is 21.9 Å². The van der Waals surface area contributed by atoms with Gasteiger partial charge in [-0.05, 0) is 42.3 Å². The van der Waals surface area contributed by atoms with Gasteiger partial charge in [0.2, 0.25) is 0 Å². The summed E-state index contributed by atoms with van der Waals surface area (Å²) in [6.07, 6.45) is -5.47. The molecule has 5 atom stereocenters. The molecular formula is C29H32Cl4F2N2O12S2. The van der Waals surface area contributed by atoms with E-state index < -0.39 is 104 Å². The van der Waals surface area contributed by atoms with Crippen LogP contribution in [-0.4, -0.2) is 101 Å². The first kappa shape index (κ1) is 44.0. The first-order valence-electron chi connectivity index (χ1n) is 14.3. The maximum Gasteiger partial charge on any atom is 0.509 e. The van der Waals surface area contributed by atoms with Crippen LogP contribution < -0.4 is 10.6 Å². The average Bonchev–Trinajstić information content (AvgIpc) is 3.05. The molecule has 22 heteroatoms. The van der Waals surface area contributed by atoms with Crippen molar-refractivity contribution in [3.05, 3.63) is 59.7 Å². The van der Waals surface area contributed by atoms with Crippen molar-refractivity contribution < 1.29 is 63.7 Å². The van der Waals surface area contributed by atoms with E-state index in [2.05, 4.69) is 10.6 Å². The Kier molecular flexibility index (Phi) is 16.9. The minimum Gasteiger partial charge on any atom is -0.430 e. The van der Waals surface area contributed by atoms with Crippen LogP contribution in [0.3, 0.4) is 0 Å². The van der Waals surface area contributed by atoms with Crippen LogP contribution in [0.25, 0.3) is 0 Å². The molecule has 0 aliphatic rings. The van der Waals surface area contributed by atoms with Gasteiger partial charge in [-0.1, -0.05) is 70.7 Å². The third kappa shape index (κ3) is 14.1. The molecule has 2 rings (SSSR count). The number of carbonyl (C=O) groups is 4. The zero-order valence-corrected chi connectivity index (χ0v) is 31.4. The second-order valence-electron chi connectivity index (χ2n) is 10.6. The van der Waals surface area contributed by atoms with Crippen LogP contribution in [0.2, 0.25) is 0 Å². The van der Waals surface area contributed by atoms with Crippen molar-refractivity contribution in [3.63, 3.8) is 0 Å². The molecule has 2 N–H and O–H groups in total. The number of alkyl halides is 6. The van der Waals surface area contributed by atoms with Crippen LogP contribution >= 0.6 is 46.4 Å². The Morgan fingerprint density at radius 3 is 1.31 bits per heavy atom. The average molecular weight is 845 g/mol. The van der Waals surface area contributed by atoms with Crippen molar-refractivity contribution >= 4 is 90.2 Å². The number of carbonyl (C=O) groups excluding carboxylic acids is 4. The van der Waals surface area contributed by atoms with Gasteiger partial charge in [0.1, 0.15) is 26.1 Å². The van der Waals surface area contributed by atoms with Gasteiger partial charge in [-0.15, -0.1) is 0 Å². The molecule has 0 saturated carbocycles. The van der Waals surface area contributed by atoms with Crippen LogP contribution in [0.5, 0.6) is 0 Å². The van der Waals surface area contributed by atoms with Gasteiger partial charge in [-0.3, -0.25) is 9.59 Å². The van der Waals surface area contributed by atoms with Crippen molar-refractivity contribution in [2.45, 2.75) is 56.8 Å². The number of halogens is 6. The van der Waals surface area contributed by atoms with Crippen molar-refractivity contribution in [2.24, 2.45) is 0 Å². The van der Waals surface area contributed by atoms with E-state index >= 15 is 0 Å². The van der Waals surface area contributed by atoms with Crippen molar-refractivity contribution in [2.75, 3.05) is 32.5 Å². The lowest BCUT2D eigenvalue weighted by Crippen LogP contribution is -2.44. The molecule has 2 amide bonds. The van der Waals surface area contributed by atoms with E-state index in [-0.39, 0.29) is 20.9 Å². The number of nitrogens with one attached hydrogen (secondary N) is 2. The fourth-order valence-electron chi connectivity index (χ4n) is 4.11. The molecule has 0 spiro atoms. The minimum absolute atomic E-state index is 0.0373. The van der Waals surface area contributed by atoms with Gasteiger partial charge in [0.15, 0.2) is 41.6 Å². The van der Waals surface area contributed by atoms with Gasteiger partial charge < -0.3 is 29.6 Å².